The maximum absolute atomic E-state index is 12.3. The normalized spacial score (nSPS) is 12.8. The molecule has 0 radical (unpaired) electrons. The van der Waals surface area contributed by atoms with Crippen molar-refractivity contribution < 1.29 is 4.79 Å². The molecule has 4 heteroatoms. The molecule has 0 aliphatic rings. The lowest BCUT2D eigenvalue weighted by atomic mass is 9.98. The standard InChI is InChI=1S/C20H23N3O/c1-4-14(2)16-9-11-18(12-10-16)22-15(3)20(24)23-19-8-6-5-7-17(19)13-21/h5-12,14-15,22H,4H2,1-3H3,(H,23,24)/t14-,15+/m1/s1. The predicted octanol–water partition coefficient (Wildman–Crippen LogP) is 4.51. The van der Waals surface area contributed by atoms with Gasteiger partial charge in [-0.15, -0.1) is 0 Å². The van der Waals surface area contributed by atoms with Crippen molar-refractivity contribution in [2.24, 2.45) is 0 Å². The lowest BCUT2D eigenvalue weighted by Crippen LogP contribution is -2.32. The summed E-state index contributed by atoms with van der Waals surface area (Å²) >= 11 is 0. The van der Waals surface area contributed by atoms with Gasteiger partial charge in [0.1, 0.15) is 12.1 Å². The topological polar surface area (TPSA) is 64.9 Å². The Morgan fingerprint density at radius 3 is 2.42 bits per heavy atom. The second-order valence-corrected chi connectivity index (χ2v) is 5.94. The van der Waals surface area contributed by atoms with Crippen LogP contribution in [0.25, 0.3) is 0 Å². The van der Waals surface area contributed by atoms with E-state index in [0.717, 1.165) is 12.1 Å². The highest BCUT2D eigenvalue weighted by atomic mass is 16.2. The molecule has 2 atom stereocenters. The summed E-state index contributed by atoms with van der Waals surface area (Å²) in [5, 5.41) is 15.1. The van der Waals surface area contributed by atoms with Crippen LogP contribution in [0, 0.1) is 11.3 Å². The molecule has 2 N–H and O–H groups in total. The van der Waals surface area contributed by atoms with E-state index in [-0.39, 0.29) is 5.91 Å². The molecule has 124 valence electrons. The van der Waals surface area contributed by atoms with E-state index in [1.54, 1.807) is 31.2 Å². The Morgan fingerprint density at radius 1 is 1.12 bits per heavy atom. The van der Waals surface area contributed by atoms with Crippen molar-refractivity contribution >= 4 is 17.3 Å². The first-order chi connectivity index (χ1) is 11.5. The molecule has 0 bridgehead atoms. The van der Waals surface area contributed by atoms with Gasteiger partial charge in [-0.2, -0.15) is 5.26 Å². The van der Waals surface area contributed by atoms with Crippen molar-refractivity contribution in [1.82, 2.24) is 0 Å². The number of nitrogens with one attached hydrogen (secondary N) is 2. The molecule has 0 saturated heterocycles. The maximum Gasteiger partial charge on any atom is 0.246 e. The molecule has 0 heterocycles. The van der Waals surface area contributed by atoms with Crippen molar-refractivity contribution in [2.75, 3.05) is 10.6 Å². The summed E-state index contributed by atoms with van der Waals surface area (Å²) in [6, 6.07) is 16.8. The van der Waals surface area contributed by atoms with E-state index >= 15 is 0 Å². The average Bonchev–Trinajstić information content (AvgIpc) is 2.62. The fraction of sp³-hybridized carbons (Fsp3) is 0.300. The van der Waals surface area contributed by atoms with Gasteiger partial charge in [0.2, 0.25) is 5.91 Å². The van der Waals surface area contributed by atoms with Crippen molar-refractivity contribution in [3.63, 3.8) is 0 Å². The van der Waals surface area contributed by atoms with E-state index < -0.39 is 6.04 Å². The molecule has 0 aliphatic carbocycles. The number of carbonyl (C=O) groups is 1. The predicted molar refractivity (Wildman–Crippen MR) is 98.0 cm³/mol. The van der Waals surface area contributed by atoms with E-state index in [4.69, 9.17) is 5.26 Å². The fourth-order valence-electron chi connectivity index (χ4n) is 2.39. The SMILES string of the molecule is CC[C@@H](C)c1ccc(N[C@@H](C)C(=O)Nc2ccccc2C#N)cc1. The van der Waals surface area contributed by atoms with E-state index in [1.165, 1.54) is 5.56 Å². The van der Waals surface area contributed by atoms with Crippen LogP contribution in [-0.2, 0) is 4.79 Å². The number of rotatable bonds is 6. The third kappa shape index (κ3) is 4.36. The highest BCUT2D eigenvalue weighted by Crippen LogP contribution is 2.21. The highest BCUT2D eigenvalue weighted by molar-refractivity contribution is 5.97. The Labute approximate surface area is 143 Å². The molecule has 4 nitrogen and oxygen atoms in total. The zero-order chi connectivity index (χ0) is 17.5. The first-order valence-electron chi connectivity index (χ1n) is 8.21. The molecule has 24 heavy (non-hydrogen) atoms. The number of nitriles is 1. The summed E-state index contributed by atoms with van der Waals surface area (Å²) in [6.07, 6.45) is 1.10. The van der Waals surface area contributed by atoms with Crippen molar-refractivity contribution in [2.45, 2.75) is 39.2 Å². The molecule has 2 aromatic rings. The molecule has 0 aromatic heterocycles. The fourth-order valence-corrected chi connectivity index (χ4v) is 2.39. The molecule has 2 aromatic carbocycles. The summed E-state index contributed by atoms with van der Waals surface area (Å²) in [5.41, 5.74) is 3.18. The van der Waals surface area contributed by atoms with Crippen molar-refractivity contribution in [1.29, 1.82) is 5.26 Å². The third-order valence-electron chi connectivity index (χ3n) is 4.17. The zero-order valence-electron chi connectivity index (χ0n) is 14.3. The molecule has 0 aliphatic heterocycles. The Hall–Kier alpha value is -2.80. The number of benzene rings is 2. The van der Waals surface area contributed by atoms with Crippen LogP contribution in [0.3, 0.4) is 0 Å². The number of carbonyl (C=O) groups excluding carboxylic acids is 1. The monoisotopic (exact) mass is 321 g/mol. The van der Waals surface area contributed by atoms with Gasteiger partial charge in [-0.1, -0.05) is 38.1 Å². The van der Waals surface area contributed by atoms with Crippen molar-refractivity contribution in [3.8, 4) is 6.07 Å². The van der Waals surface area contributed by atoms with E-state index in [9.17, 15) is 4.79 Å². The second-order valence-electron chi connectivity index (χ2n) is 5.94. The van der Waals surface area contributed by atoms with Gasteiger partial charge >= 0.3 is 0 Å². The van der Waals surface area contributed by atoms with Crippen LogP contribution in [0.1, 0.15) is 44.2 Å². The summed E-state index contributed by atoms with van der Waals surface area (Å²) < 4.78 is 0. The summed E-state index contributed by atoms with van der Waals surface area (Å²) in [6.45, 7) is 6.17. The zero-order valence-corrected chi connectivity index (χ0v) is 14.3. The molecule has 0 fully saturated rings. The van der Waals surface area contributed by atoms with Crippen LogP contribution >= 0.6 is 0 Å². The number of amides is 1. The summed E-state index contributed by atoms with van der Waals surface area (Å²) in [5.74, 6) is 0.353. The van der Waals surface area contributed by atoms with Gasteiger partial charge in [0.05, 0.1) is 11.3 Å². The van der Waals surface area contributed by atoms with Gasteiger partial charge in [0.25, 0.3) is 0 Å². The molecule has 0 spiro atoms. The molecule has 0 unspecified atom stereocenters. The molecular formula is C20H23N3O. The first kappa shape index (κ1) is 17.6. The lowest BCUT2D eigenvalue weighted by Gasteiger charge is -2.17. The Balaban J connectivity index is 2.00. The van der Waals surface area contributed by atoms with E-state index in [0.29, 0.717) is 17.2 Å². The number of para-hydroxylation sites is 1. The lowest BCUT2D eigenvalue weighted by molar-refractivity contribution is -0.116. The summed E-state index contributed by atoms with van der Waals surface area (Å²) in [7, 11) is 0. The first-order valence-corrected chi connectivity index (χ1v) is 8.21. The quantitative estimate of drug-likeness (QED) is 0.822. The highest BCUT2D eigenvalue weighted by Gasteiger charge is 2.14. The number of nitrogens with zero attached hydrogens (tertiary/aromatic N) is 1. The van der Waals surface area contributed by atoms with Gasteiger partial charge in [-0.05, 0) is 49.1 Å². The van der Waals surface area contributed by atoms with Crippen LogP contribution < -0.4 is 10.6 Å². The number of anilines is 2. The third-order valence-corrected chi connectivity index (χ3v) is 4.17. The Kier molecular flexibility index (Phi) is 5.97. The number of hydrogen-bond acceptors (Lipinski definition) is 3. The smallest absolute Gasteiger partial charge is 0.246 e. The van der Waals surface area contributed by atoms with Crippen LogP contribution in [-0.4, -0.2) is 11.9 Å². The van der Waals surface area contributed by atoms with Gasteiger partial charge < -0.3 is 10.6 Å². The minimum atomic E-state index is -0.411. The molecular weight excluding hydrogens is 298 g/mol. The minimum Gasteiger partial charge on any atom is -0.374 e. The van der Waals surface area contributed by atoms with Gasteiger partial charge in [-0.25, -0.2) is 0 Å². The van der Waals surface area contributed by atoms with E-state index in [1.807, 2.05) is 12.1 Å². The molecule has 1 amide bonds. The second kappa shape index (κ2) is 8.16. The van der Waals surface area contributed by atoms with Crippen LogP contribution in [0.15, 0.2) is 48.5 Å². The van der Waals surface area contributed by atoms with Crippen LogP contribution in [0.4, 0.5) is 11.4 Å². The van der Waals surface area contributed by atoms with Gasteiger partial charge in [0.15, 0.2) is 0 Å². The summed E-state index contributed by atoms with van der Waals surface area (Å²) in [4.78, 5) is 12.3. The minimum absolute atomic E-state index is 0.177. The van der Waals surface area contributed by atoms with Crippen LogP contribution in [0.5, 0.6) is 0 Å². The average molecular weight is 321 g/mol. The van der Waals surface area contributed by atoms with E-state index in [2.05, 4.69) is 42.7 Å². The van der Waals surface area contributed by atoms with Crippen molar-refractivity contribution in [3.05, 3.63) is 59.7 Å². The van der Waals surface area contributed by atoms with Crippen LogP contribution in [0.2, 0.25) is 0 Å². The number of hydrogen-bond donors (Lipinski definition) is 2. The van der Waals surface area contributed by atoms with Gasteiger partial charge in [0, 0.05) is 5.69 Å². The molecule has 2 rings (SSSR count). The Bertz CT molecular complexity index is 731. The Morgan fingerprint density at radius 2 is 1.79 bits per heavy atom. The maximum atomic E-state index is 12.3. The largest absolute Gasteiger partial charge is 0.374 e. The molecule has 0 saturated carbocycles. The van der Waals surface area contributed by atoms with Gasteiger partial charge in [-0.3, -0.25) is 4.79 Å².